The number of carbonyl (C=O) groups is 2. The molecule has 0 amide bonds. The molecule has 21 heavy (non-hydrogen) atoms. The highest BCUT2D eigenvalue weighted by atomic mass is 16.6. The Labute approximate surface area is 128 Å². The van der Waals surface area contributed by atoms with Crippen LogP contribution in [0.4, 0.5) is 0 Å². The molecule has 122 valence electrons. The van der Waals surface area contributed by atoms with Crippen molar-refractivity contribution in [2.45, 2.75) is 96.0 Å². The molecule has 1 aliphatic heterocycles. The molecular weight excluding hydrogens is 268 g/mol. The first-order valence-electron chi connectivity index (χ1n) is 8.56. The van der Waals surface area contributed by atoms with Gasteiger partial charge in [-0.3, -0.25) is 4.79 Å². The largest absolute Gasteiger partial charge is 0.478 e. The molecular formula is C17H30O4. The molecule has 4 heteroatoms. The third-order valence-electron chi connectivity index (χ3n) is 4.34. The fraction of sp³-hybridized carbons (Fsp3) is 0.882. The van der Waals surface area contributed by atoms with E-state index in [1.807, 2.05) is 0 Å². The molecule has 1 heterocycles. The summed E-state index contributed by atoms with van der Waals surface area (Å²) in [5.74, 6) is -1.34. The van der Waals surface area contributed by atoms with Crippen LogP contribution < -0.4 is 0 Å². The smallest absolute Gasteiger partial charge is 0.348 e. The molecule has 1 rings (SSSR count). The lowest BCUT2D eigenvalue weighted by Gasteiger charge is -2.32. The van der Waals surface area contributed by atoms with Gasteiger partial charge in [0.1, 0.15) is 0 Å². The number of esters is 1. The summed E-state index contributed by atoms with van der Waals surface area (Å²) in [7, 11) is 0. The molecule has 0 aromatic carbocycles. The van der Waals surface area contributed by atoms with Crippen LogP contribution in [0.2, 0.25) is 0 Å². The summed E-state index contributed by atoms with van der Waals surface area (Å²) in [5.41, 5.74) is -1.24. The lowest BCUT2D eigenvalue weighted by molar-refractivity contribution is -0.186. The lowest BCUT2D eigenvalue weighted by atomic mass is 9.88. The van der Waals surface area contributed by atoms with Gasteiger partial charge in [-0.1, -0.05) is 58.3 Å². The molecule has 1 fully saturated rings. The third kappa shape index (κ3) is 6.49. The molecule has 0 radical (unpaired) electrons. The number of carbonyl (C=O) groups excluding carboxylic acids is 1. The number of cyclic esters (lactones) is 1. The van der Waals surface area contributed by atoms with E-state index in [1.165, 1.54) is 38.5 Å². The summed E-state index contributed by atoms with van der Waals surface area (Å²) >= 11 is 0. The number of unbranched alkanes of at least 4 members (excludes halogenated alkanes) is 8. The minimum absolute atomic E-state index is 0.354. The van der Waals surface area contributed by atoms with Crippen molar-refractivity contribution in [1.29, 1.82) is 0 Å². The SMILES string of the molecule is CCCCCCCCCCC[C@]1(C(=O)O)CCCC(=O)O1. The number of aliphatic carboxylic acids is 1. The van der Waals surface area contributed by atoms with Gasteiger partial charge in [0.25, 0.3) is 0 Å². The van der Waals surface area contributed by atoms with Crippen molar-refractivity contribution in [1.82, 2.24) is 0 Å². The highest BCUT2D eigenvalue weighted by Crippen LogP contribution is 2.31. The summed E-state index contributed by atoms with van der Waals surface area (Å²) in [5, 5.41) is 9.35. The number of carboxylic acids is 1. The van der Waals surface area contributed by atoms with Crippen LogP contribution in [0.3, 0.4) is 0 Å². The van der Waals surface area contributed by atoms with E-state index in [9.17, 15) is 14.7 Å². The monoisotopic (exact) mass is 298 g/mol. The van der Waals surface area contributed by atoms with E-state index in [0.29, 0.717) is 25.7 Å². The number of hydrogen-bond acceptors (Lipinski definition) is 3. The molecule has 0 unspecified atom stereocenters. The van der Waals surface area contributed by atoms with Gasteiger partial charge in [-0.05, 0) is 25.7 Å². The van der Waals surface area contributed by atoms with Crippen molar-refractivity contribution in [3.8, 4) is 0 Å². The maximum atomic E-state index is 11.4. The predicted octanol–water partition coefficient (Wildman–Crippen LogP) is 4.46. The van der Waals surface area contributed by atoms with E-state index < -0.39 is 11.6 Å². The third-order valence-corrected chi connectivity index (χ3v) is 4.34. The molecule has 1 aliphatic rings. The van der Waals surface area contributed by atoms with Crippen molar-refractivity contribution in [2.75, 3.05) is 0 Å². The van der Waals surface area contributed by atoms with Gasteiger partial charge < -0.3 is 9.84 Å². The summed E-state index contributed by atoms with van der Waals surface area (Å²) in [6.45, 7) is 2.22. The molecule has 0 aromatic heterocycles. The van der Waals surface area contributed by atoms with Crippen LogP contribution in [-0.2, 0) is 14.3 Å². The quantitative estimate of drug-likeness (QED) is 0.452. The van der Waals surface area contributed by atoms with Gasteiger partial charge in [-0.15, -0.1) is 0 Å². The van der Waals surface area contributed by atoms with Crippen LogP contribution in [-0.4, -0.2) is 22.6 Å². The lowest BCUT2D eigenvalue weighted by Crippen LogP contribution is -2.46. The van der Waals surface area contributed by atoms with Gasteiger partial charge in [0, 0.05) is 6.42 Å². The van der Waals surface area contributed by atoms with Crippen molar-refractivity contribution >= 4 is 11.9 Å². The maximum Gasteiger partial charge on any atom is 0.348 e. The van der Waals surface area contributed by atoms with Crippen molar-refractivity contribution in [3.05, 3.63) is 0 Å². The van der Waals surface area contributed by atoms with Gasteiger partial charge >= 0.3 is 11.9 Å². The highest BCUT2D eigenvalue weighted by molar-refractivity contribution is 5.83. The van der Waals surface area contributed by atoms with Crippen LogP contribution in [0, 0.1) is 0 Å². The predicted molar refractivity (Wildman–Crippen MR) is 82.2 cm³/mol. The first-order valence-corrected chi connectivity index (χ1v) is 8.56. The van der Waals surface area contributed by atoms with E-state index in [1.54, 1.807) is 0 Å². The fourth-order valence-electron chi connectivity index (χ4n) is 2.99. The molecule has 1 N–H and O–H groups in total. The van der Waals surface area contributed by atoms with Gasteiger partial charge in [-0.25, -0.2) is 4.79 Å². The van der Waals surface area contributed by atoms with Gasteiger partial charge in [0.15, 0.2) is 0 Å². The Balaban J connectivity index is 2.14. The van der Waals surface area contributed by atoms with Crippen LogP contribution in [0.1, 0.15) is 90.4 Å². The van der Waals surface area contributed by atoms with Gasteiger partial charge in [0.05, 0.1) is 0 Å². The standard InChI is InChI=1S/C17H30O4/c1-2-3-4-5-6-7-8-9-10-13-17(16(19)20)14-11-12-15(18)21-17/h2-14H2,1H3,(H,19,20)/t17-/m1/s1. The average molecular weight is 298 g/mol. The second-order valence-corrected chi connectivity index (χ2v) is 6.21. The van der Waals surface area contributed by atoms with Crippen molar-refractivity contribution < 1.29 is 19.4 Å². The number of carboxylic acid groups (broad SMARTS) is 1. The number of hydrogen-bond donors (Lipinski definition) is 1. The zero-order chi connectivity index (χ0) is 15.6. The van der Waals surface area contributed by atoms with Crippen molar-refractivity contribution in [2.24, 2.45) is 0 Å². The second kappa shape index (κ2) is 9.80. The molecule has 0 aliphatic carbocycles. The van der Waals surface area contributed by atoms with Crippen molar-refractivity contribution in [3.63, 3.8) is 0 Å². The summed E-state index contributed by atoms with van der Waals surface area (Å²) in [4.78, 5) is 22.8. The summed E-state index contributed by atoms with van der Waals surface area (Å²) in [6, 6.07) is 0. The van der Waals surface area contributed by atoms with E-state index in [-0.39, 0.29) is 5.97 Å². The van der Waals surface area contributed by atoms with Crippen LogP contribution in [0.25, 0.3) is 0 Å². The Hall–Kier alpha value is -1.06. The molecule has 0 aromatic rings. The molecule has 0 spiro atoms. The Morgan fingerprint density at radius 3 is 2.19 bits per heavy atom. The minimum Gasteiger partial charge on any atom is -0.478 e. The fourth-order valence-corrected chi connectivity index (χ4v) is 2.99. The molecule has 1 saturated heterocycles. The van der Waals surface area contributed by atoms with E-state index in [2.05, 4.69) is 6.92 Å². The minimum atomic E-state index is -1.24. The number of ether oxygens (including phenoxy) is 1. The molecule has 0 bridgehead atoms. The Bertz CT molecular complexity index is 327. The zero-order valence-electron chi connectivity index (χ0n) is 13.4. The molecule has 4 nitrogen and oxygen atoms in total. The van der Waals surface area contributed by atoms with E-state index in [0.717, 1.165) is 19.3 Å². The first-order chi connectivity index (χ1) is 10.1. The number of rotatable bonds is 11. The molecule has 1 atom stereocenters. The second-order valence-electron chi connectivity index (χ2n) is 6.21. The summed E-state index contributed by atoms with van der Waals surface area (Å²) < 4.78 is 5.17. The zero-order valence-corrected chi connectivity index (χ0v) is 13.4. The first kappa shape index (κ1) is 18.0. The van der Waals surface area contributed by atoms with Gasteiger partial charge in [-0.2, -0.15) is 0 Å². The Morgan fingerprint density at radius 1 is 1.10 bits per heavy atom. The highest BCUT2D eigenvalue weighted by Gasteiger charge is 2.44. The van der Waals surface area contributed by atoms with E-state index >= 15 is 0 Å². The van der Waals surface area contributed by atoms with Crippen LogP contribution >= 0.6 is 0 Å². The van der Waals surface area contributed by atoms with Gasteiger partial charge in [0.2, 0.25) is 5.60 Å². The normalized spacial score (nSPS) is 22.0. The topological polar surface area (TPSA) is 63.6 Å². The van der Waals surface area contributed by atoms with Crippen LogP contribution in [0.15, 0.2) is 0 Å². The maximum absolute atomic E-state index is 11.4. The molecule has 0 saturated carbocycles. The average Bonchev–Trinajstić information content (AvgIpc) is 2.45. The Morgan fingerprint density at radius 2 is 1.67 bits per heavy atom. The van der Waals surface area contributed by atoms with E-state index in [4.69, 9.17) is 4.74 Å². The van der Waals surface area contributed by atoms with Crippen LogP contribution in [0.5, 0.6) is 0 Å². The Kier molecular flexibility index (Phi) is 8.40. The summed E-state index contributed by atoms with van der Waals surface area (Å²) in [6.07, 6.45) is 12.7.